The summed E-state index contributed by atoms with van der Waals surface area (Å²) in [5.74, 6) is -0.0798. The molecule has 0 fully saturated rings. The van der Waals surface area contributed by atoms with E-state index in [4.69, 9.17) is 4.74 Å². The number of amides is 1. The second-order valence-electron chi connectivity index (χ2n) is 17.5. The molecule has 0 saturated carbocycles. The molecule has 0 saturated heterocycles. The maximum absolute atomic E-state index is 12.4. The van der Waals surface area contributed by atoms with Gasteiger partial charge in [-0.3, -0.25) is 9.59 Å². The monoisotopic (exact) mass is 806 g/mol. The van der Waals surface area contributed by atoms with Crippen molar-refractivity contribution in [1.82, 2.24) is 5.32 Å². The number of rotatable bonds is 47. The summed E-state index contributed by atoms with van der Waals surface area (Å²) in [6, 6.07) is -0.633. The minimum Gasteiger partial charge on any atom is -0.466 e. The minimum absolute atomic E-state index is 0.000766. The first kappa shape index (κ1) is 55.6. The van der Waals surface area contributed by atoms with Crippen LogP contribution >= 0.6 is 0 Å². The molecule has 0 spiro atoms. The van der Waals surface area contributed by atoms with Crippen molar-refractivity contribution in [3.05, 3.63) is 12.2 Å². The standard InChI is InChI=1S/C51H99NO5/c1-3-5-7-9-11-13-15-16-17-21-25-29-33-37-41-45-51(56)57-46-42-38-34-30-26-22-19-18-20-24-28-32-36-40-44-50(55)52-48(47-53)49(54)43-39-35-31-27-23-14-12-10-8-6-4-2/h39,43,48-49,53-54H,3-38,40-42,44-47H2,1-2H3,(H,52,55)/b43-39+. The van der Waals surface area contributed by atoms with Crippen LogP contribution in [0.2, 0.25) is 0 Å². The van der Waals surface area contributed by atoms with Crippen molar-refractivity contribution in [3.8, 4) is 0 Å². The van der Waals surface area contributed by atoms with Gasteiger partial charge in [0.1, 0.15) is 0 Å². The van der Waals surface area contributed by atoms with E-state index >= 15 is 0 Å². The zero-order valence-corrected chi connectivity index (χ0v) is 38.3. The van der Waals surface area contributed by atoms with Crippen molar-refractivity contribution in [2.24, 2.45) is 0 Å². The Kier molecular flexibility index (Phi) is 46.1. The van der Waals surface area contributed by atoms with Crippen LogP contribution in [0.15, 0.2) is 12.2 Å². The average molecular weight is 806 g/mol. The molecular formula is C51H99NO5. The van der Waals surface area contributed by atoms with Crippen LogP contribution in [0.1, 0.15) is 277 Å². The molecule has 6 nitrogen and oxygen atoms in total. The van der Waals surface area contributed by atoms with E-state index < -0.39 is 12.1 Å². The molecule has 0 heterocycles. The first-order valence-corrected chi connectivity index (χ1v) is 25.5. The molecule has 2 unspecified atom stereocenters. The third-order valence-electron chi connectivity index (χ3n) is 11.8. The molecule has 2 atom stereocenters. The Balaban J connectivity index is 3.43. The summed E-state index contributed by atoms with van der Waals surface area (Å²) in [4.78, 5) is 24.4. The Bertz CT molecular complexity index is 847. The molecule has 0 aromatic rings. The average Bonchev–Trinajstić information content (AvgIpc) is 3.21. The summed E-state index contributed by atoms with van der Waals surface area (Å²) >= 11 is 0. The largest absolute Gasteiger partial charge is 0.466 e. The molecular weight excluding hydrogens is 707 g/mol. The quantitative estimate of drug-likeness (QED) is 0.0323. The Morgan fingerprint density at radius 3 is 1.19 bits per heavy atom. The zero-order chi connectivity index (χ0) is 41.5. The van der Waals surface area contributed by atoms with E-state index in [0.29, 0.717) is 19.4 Å². The van der Waals surface area contributed by atoms with E-state index in [0.717, 1.165) is 57.8 Å². The number of carbonyl (C=O) groups is 2. The van der Waals surface area contributed by atoms with Gasteiger partial charge >= 0.3 is 5.97 Å². The lowest BCUT2D eigenvalue weighted by Crippen LogP contribution is -2.45. The van der Waals surface area contributed by atoms with Crippen LogP contribution in [-0.2, 0) is 14.3 Å². The highest BCUT2D eigenvalue weighted by molar-refractivity contribution is 5.76. The fourth-order valence-electron chi connectivity index (χ4n) is 7.87. The lowest BCUT2D eigenvalue weighted by Gasteiger charge is -2.20. The predicted molar refractivity (Wildman–Crippen MR) is 246 cm³/mol. The number of aliphatic hydroxyl groups excluding tert-OH is 2. The number of hydrogen-bond acceptors (Lipinski definition) is 5. The van der Waals surface area contributed by atoms with Gasteiger partial charge in [0.25, 0.3) is 0 Å². The molecule has 0 aromatic heterocycles. The van der Waals surface area contributed by atoms with Gasteiger partial charge in [0.2, 0.25) is 5.91 Å². The SMILES string of the molecule is CCCCCCCCCCC/C=C/C(O)C(CO)NC(=O)CCCCCCCCCCCCCCCCOC(=O)CCCCCCCCCCCCCCCCC. The van der Waals surface area contributed by atoms with Crippen LogP contribution < -0.4 is 5.32 Å². The van der Waals surface area contributed by atoms with Crippen molar-refractivity contribution < 1.29 is 24.5 Å². The molecule has 0 bridgehead atoms. The smallest absolute Gasteiger partial charge is 0.305 e. The maximum Gasteiger partial charge on any atom is 0.305 e. The lowest BCUT2D eigenvalue weighted by atomic mass is 10.0. The number of hydrogen-bond donors (Lipinski definition) is 3. The molecule has 0 aliphatic carbocycles. The second-order valence-corrected chi connectivity index (χ2v) is 17.5. The summed E-state index contributed by atoms with van der Waals surface area (Å²) in [6.45, 7) is 4.87. The molecule has 0 aliphatic heterocycles. The highest BCUT2D eigenvalue weighted by atomic mass is 16.5. The molecule has 0 rings (SSSR count). The molecule has 3 N–H and O–H groups in total. The van der Waals surface area contributed by atoms with Crippen LogP contribution in [0.5, 0.6) is 0 Å². The van der Waals surface area contributed by atoms with Gasteiger partial charge in [0, 0.05) is 12.8 Å². The predicted octanol–water partition coefficient (Wildman–Crippen LogP) is 15.0. The fourth-order valence-corrected chi connectivity index (χ4v) is 7.87. The third kappa shape index (κ3) is 44.0. The van der Waals surface area contributed by atoms with Crippen molar-refractivity contribution in [1.29, 1.82) is 0 Å². The van der Waals surface area contributed by atoms with Crippen LogP contribution in [0, 0.1) is 0 Å². The third-order valence-corrected chi connectivity index (χ3v) is 11.8. The second kappa shape index (κ2) is 47.3. The van der Waals surface area contributed by atoms with E-state index in [1.807, 2.05) is 6.08 Å². The minimum atomic E-state index is -0.848. The summed E-state index contributed by atoms with van der Waals surface area (Å²) in [6.07, 6.45) is 53.5. The van der Waals surface area contributed by atoms with E-state index in [1.54, 1.807) is 6.08 Å². The van der Waals surface area contributed by atoms with Gasteiger partial charge in [-0.1, -0.05) is 244 Å². The number of carbonyl (C=O) groups excluding carboxylic acids is 2. The number of esters is 1. The summed E-state index contributed by atoms with van der Waals surface area (Å²) in [7, 11) is 0. The topological polar surface area (TPSA) is 95.9 Å². The number of nitrogens with one attached hydrogen (secondary N) is 1. The van der Waals surface area contributed by atoms with Gasteiger partial charge in [-0.05, 0) is 32.1 Å². The van der Waals surface area contributed by atoms with Gasteiger partial charge in [0.05, 0.1) is 25.4 Å². The lowest BCUT2D eigenvalue weighted by molar-refractivity contribution is -0.143. The molecule has 0 aliphatic rings. The number of aliphatic hydroxyl groups is 2. The maximum atomic E-state index is 12.4. The number of ether oxygens (including phenoxy) is 1. The molecule has 338 valence electrons. The van der Waals surface area contributed by atoms with Crippen LogP contribution in [-0.4, -0.2) is 47.4 Å². The van der Waals surface area contributed by atoms with Crippen molar-refractivity contribution in [2.75, 3.05) is 13.2 Å². The van der Waals surface area contributed by atoms with E-state index in [9.17, 15) is 19.8 Å². The summed E-state index contributed by atoms with van der Waals surface area (Å²) in [5, 5.41) is 23.0. The Labute approximate surface area is 355 Å². The molecule has 0 radical (unpaired) electrons. The summed E-state index contributed by atoms with van der Waals surface area (Å²) < 4.78 is 5.47. The highest BCUT2D eigenvalue weighted by Crippen LogP contribution is 2.16. The van der Waals surface area contributed by atoms with Crippen molar-refractivity contribution in [2.45, 2.75) is 289 Å². The van der Waals surface area contributed by atoms with Crippen LogP contribution in [0.25, 0.3) is 0 Å². The first-order chi connectivity index (χ1) is 28.0. The number of unbranched alkanes of at least 4 members (excludes halogenated alkanes) is 36. The van der Waals surface area contributed by atoms with Gasteiger partial charge in [-0.2, -0.15) is 0 Å². The zero-order valence-electron chi connectivity index (χ0n) is 38.3. The molecule has 0 aromatic carbocycles. The van der Waals surface area contributed by atoms with E-state index in [2.05, 4.69) is 19.2 Å². The molecule has 1 amide bonds. The normalized spacial score (nSPS) is 12.7. The highest BCUT2D eigenvalue weighted by Gasteiger charge is 2.18. The van der Waals surface area contributed by atoms with Crippen molar-refractivity contribution in [3.63, 3.8) is 0 Å². The Morgan fingerprint density at radius 2 is 0.807 bits per heavy atom. The Morgan fingerprint density at radius 1 is 0.474 bits per heavy atom. The van der Waals surface area contributed by atoms with Gasteiger partial charge in [0.15, 0.2) is 0 Å². The summed E-state index contributed by atoms with van der Waals surface area (Å²) in [5.41, 5.74) is 0. The molecule has 6 heteroatoms. The van der Waals surface area contributed by atoms with E-state index in [1.165, 1.54) is 193 Å². The van der Waals surface area contributed by atoms with Gasteiger partial charge in [-0.15, -0.1) is 0 Å². The molecule has 57 heavy (non-hydrogen) atoms. The van der Waals surface area contributed by atoms with Crippen LogP contribution in [0.3, 0.4) is 0 Å². The number of allylic oxidation sites excluding steroid dienone is 1. The van der Waals surface area contributed by atoms with Gasteiger partial charge in [-0.25, -0.2) is 0 Å². The van der Waals surface area contributed by atoms with E-state index in [-0.39, 0.29) is 18.5 Å². The van der Waals surface area contributed by atoms with Crippen molar-refractivity contribution >= 4 is 11.9 Å². The fraction of sp³-hybridized carbons (Fsp3) is 0.922. The Hall–Kier alpha value is -1.40. The van der Waals surface area contributed by atoms with Gasteiger partial charge < -0.3 is 20.3 Å². The van der Waals surface area contributed by atoms with Crippen LogP contribution in [0.4, 0.5) is 0 Å². The first-order valence-electron chi connectivity index (χ1n) is 25.5.